The van der Waals surface area contributed by atoms with Crippen molar-refractivity contribution in [2.45, 2.75) is 6.54 Å². The SMILES string of the molecule is NNc1ncc([N+](=O)[O-])c(NCc2cc(Br)cs2)n1. The second kappa shape index (κ2) is 5.91. The molecule has 0 bridgehead atoms. The molecule has 8 nitrogen and oxygen atoms in total. The van der Waals surface area contributed by atoms with Gasteiger partial charge in [-0.15, -0.1) is 11.3 Å². The Bertz CT molecular complexity index is 604. The molecule has 0 saturated heterocycles. The molecule has 0 radical (unpaired) electrons. The van der Waals surface area contributed by atoms with Gasteiger partial charge in [-0.3, -0.25) is 15.5 Å². The molecule has 0 aliphatic heterocycles. The third kappa shape index (κ3) is 3.36. The van der Waals surface area contributed by atoms with Crippen molar-refractivity contribution >= 4 is 44.7 Å². The van der Waals surface area contributed by atoms with Gasteiger partial charge in [-0.05, 0) is 22.0 Å². The van der Waals surface area contributed by atoms with Gasteiger partial charge in [-0.1, -0.05) is 0 Å². The van der Waals surface area contributed by atoms with E-state index in [1.54, 1.807) is 0 Å². The predicted molar refractivity (Wildman–Crippen MR) is 75.8 cm³/mol. The quantitative estimate of drug-likeness (QED) is 0.431. The molecule has 0 atom stereocenters. The van der Waals surface area contributed by atoms with Crippen LogP contribution < -0.4 is 16.6 Å². The summed E-state index contributed by atoms with van der Waals surface area (Å²) in [6, 6.07) is 1.92. The summed E-state index contributed by atoms with van der Waals surface area (Å²) in [5.41, 5.74) is 2.05. The number of rotatable bonds is 5. The molecule has 2 heterocycles. The van der Waals surface area contributed by atoms with Gasteiger partial charge in [0.25, 0.3) is 0 Å². The molecule has 10 heteroatoms. The highest BCUT2D eigenvalue weighted by molar-refractivity contribution is 9.10. The van der Waals surface area contributed by atoms with Crippen molar-refractivity contribution in [2.75, 3.05) is 10.7 Å². The van der Waals surface area contributed by atoms with Crippen molar-refractivity contribution in [2.24, 2.45) is 5.84 Å². The summed E-state index contributed by atoms with van der Waals surface area (Å²) < 4.78 is 0.968. The van der Waals surface area contributed by atoms with Gasteiger partial charge in [0, 0.05) is 14.7 Å². The van der Waals surface area contributed by atoms with E-state index in [2.05, 4.69) is 36.6 Å². The number of thiophene rings is 1. The van der Waals surface area contributed by atoms with Crippen LogP contribution in [0, 0.1) is 10.1 Å². The number of aromatic nitrogens is 2. The van der Waals surface area contributed by atoms with Gasteiger partial charge in [-0.25, -0.2) is 10.8 Å². The molecular weight excluding hydrogens is 336 g/mol. The largest absolute Gasteiger partial charge is 0.359 e. The number of nitrogen functional groups attached to an aromatic ring is 1. The van der Waals surface area contributed by atoms with Crippen LogP contribution in [0.25, 0.3) is 0 Å². The lowest BCUT2D eigenvalue weighted by Gasteiger charge is -2.06. The van der Waals surface area contributed by atoms with Gasteiger partial charge in [0.15, 0.2) is 0 Å². The minimum atomic E-state index is -0.549. The summed E-state index contributed by atoms with van der Waals surface area (Å²) >= 11 is 4.87. The summed E-state index contributed by atoms with van der Waals surface area (Å²) in [4.78, 5) is 19.0. The molecule has 0 fully saturated rings. The first-order valence-corrected chi connectivity index (χ1v) is 6.72. The fourth-order valence-electron chi connectivity index (χ4n) is 1.33. The highest BCUT2D eigenvalue weighted by Crippen LogP contribution is 2.24. The van der Waals surface area contributed by atoms with Crippen LogP contribution in [0.1, 0.15) is 4.88 Å². The molecule has 19 heavy (non-hydrogen) atoms. The lowest BCUT2D eigenvalue weighted by molar-refractivity contribution is -0.384. The Hall–Kier alpha value is -1.78. The molecule has 0 saturated carbocycles. The molecule has 2 aromatic rings. The van der Waals surface area contributed by atoms with Crippen molar-refractivity contribution in [3.05, 3.63) is 37.1 Å². The molecule has 0 amide bonds. The number of hydrogen-bond acceptors (Lipinski definition) is 8. The van der Waals surface area contributed by atoms with Crippen molar-refractivity contribution in [1.82, 2.24) is 9.97 Å². The Morgan fingerprint density at radius 1 is 1.58 bits per heavy atom. The number of nitrogens with zero attached hydrogens (tertiary/aromatic N) is 3. The maximum Gasteiger partial charge on any atom is 0.329 e. The van der Waals surface area contributed by atoms with Gasteiger partial charge in [0.05, 0.1) is 11.5 Å². The van der Waals surface area contributed by atoms with E-state index in [9.17, 15) is 10.1 Å². The summed E-state index contributed by atoms with van der Waals surface area (Å²) in [7, 11) is 0. The molecule has 4 N–H and O–H groups in total. The average Bonchev–Trinajstić information content (AvgIpc) is 2.81. The minimum Gasteiger partial charge on any atom is -0.359 e. The second-order valence-corrected chi connectivity index (χ2v) is 5.33. The van der Waals surface area contributed by atoms with Crippen LogP contribution in [-0.4, -0.2) is 14.9 Å². The van der Waals surface area contributed by atoms with Gasteiger partial charge in [-0.2, -0.15) is 4.98 Å². The smallest absolute Gasteiger partial charge is 0.329 e. The van der Waals surface area contributed by atoms with Crippen LogP contribution in [-0.2, 0) is 6.54 Å². The first-order chi connectivity index (χ1) is 9.10. The zero-order valence-electron chi connectivity index (χ0n) is 9.46. The summed E-state index contributed by atoms with van der Waals surface area (Å²) in [6.45, 7) is 0.429. The van der Waals surface area contributed by atoms with Crippen molar-refractivity contribution < 1.29 is 4.92 Å². The lowest BCUT2D eigenvalue weighted by Crippen LogP contribution is -2.13. The highest BCUT2D eigenvalue weighted by atomic mass is 79.9. The lowest BCUT2D eigenvalue weighted by atomic mass is 10.4. The van der Waals surface area contributed by atoms with Crippen molar-refractivity contribution in [3.8, 4) is 0 Å². The molecule has 100 valence electrons. The van der Waals surface area contributed by atoms with E-state index in [4.69, 9.17) is 5.84 Å². The number of hydrazine groups is 1. The Kier molecular flexibility index (Phi) is 4.24. The standard InChI is InChI=1S/C9H9BrN6O2S/c10-5-1-6(19-4-5)2-12-8-7(16(17)18)3-13-9(14-8)15-11/h1,3-4H,2,11H2,(H2,12,13,14,15). The highest BCUT2D eigenvalue weighted by Gasteiger charge is 2.17. The van der Waals surface area contributed by atoms with E-state index in [1.165, 1.54) is 11.3 Å². The van der Waals surface area contributed by atoms with Crippen molar-refractivity contribution in [3.63, 3.8) is 0 Å². The molecule has 0 unspecified atom stereocenters. The molecule has 0 aliphatic carbocycles. The Balaban J connectivity index is 2.19. The van der Waals surface area contributed by atoms with E-state index in [-0.39, 0.29) is 17.5 Å². The maximum atomic E-state index is 10.9. The van der Waals surface area contributed by atoms with E-state index in [0.29, 0.717) is 6.54 Å². The van der Waals surface area contributed by atoms with Crippen LogP contribution in [0.15, 0.2) is 22.1 Å². The third-order valence-electron chi connectivity index (χ3n) is 2.15. The third-order valence-corrected chi connectivity index (χ3v) is 3.84. The fourth-order valence-corrected chi connectivity index (χ4v) is 2.72. The van der Waals surface area contributed by atoms with E-state index in [1.807, 2.05) is 11.4 Å². The fraction of sp³-hybridized carbons (Fsp3) is 0.111. The molecule has 0 aliphatic rings. The molecule has 0 aromatic carbocycles. The van der Waals surface area contributed by atoms with Crippen LogP contribution in [0.4, 0.5) is 17.5 Å². The van der Waals surface area contributed by atoms with E-state index >= 15 is 0 Å². The number of nitrogens with one attached hydrogen (secondary N) is 2. The summed E-state index contributed by atoms with van der Waals surface area (Å²) in [5, 5.41) is 15.7. The number of hydrogen-bond donors (Lipinski definition) is 3. The van der Waals surface area contributed by atoms with Gasteiger partial charge in [0.2, 0.25) is 11.8 Å². The Labute approximate surface area is 120 Å². The zero-order valence-corrected chi connectivity index (χ0v) is 11.9. The molecular formula is C9H9BrN6O2S. The first-order valence-electron chi connectivity index (χ1n) is 5.05. The van der Waals surface area contributed by atoms with Crippen LogP contribution in [0.5, 0.6) is 0 Å². The van der Waals surface area contributed by atoms with E-state index < -0.39 is 4.92 Å². The second-order valence-electron chi connectivity index (χ2n) is 3.41. The first kappa shape index (κ1) is 13.6. The van der Waals surface area contributed by atoms with Crippen molar-refractivity contribution in [1.29, 1.82) is 0 Å². The predicted octanol–water partition coefficient (Wildman–Crippen LogP) is 2.11. The molecule has 0 spiro atoms. The van der Waals surface area contributed by atoms with Gasteiger partial charge >= 0.3 is 5.69 Å². The topological polar surface area (TPSA) is 119 Å². The van der Waals surface area contributed by atoms with Crippen LogP contribution in [0.3, 0.4) is 0 Å². The van der Waals surface area contributed by atoms with Gasteiger partial charge in [0.1, 0.15) is 6.20 Å². The zero-order chi connectivity index (χ0) is 13.8. The normalized spacial score (nSPS) is 10.2. The van der Waals surface area contributed by atoms with E-state index in [0.717, 1.165) is 15.5 Å². The monoisotopic (exact) mass is 344 g/mol. The molecule has 2 aromatic heterocycles. The minimum absolute atomic E-state index is 0.112. The van der Waals surface area contributed by atoms with Gasteiger partial charge < -0.3 is 5.32 Å². The van der Waals surface area contributed by atoms with Crippen LogP contribution >= 0.6 is 27.3 Å². The Morgan fingerprint density at radius 2 is 2.37 bits per heavy atom. The number of anilines is 2. The Morgan fingerprint density at radius 3 is 2.95 bits per heavy atom. The number of nitro groups is 1. The summed E-state index contributed by atoms with van der Waals surface area (Å²) in [6.07, 6.45) is 1.11. The average molecular weight is 345 g/mol. The summed E-state index contributed by atoms with van der Waals surface area (Å²) in [5.74, 6) is 5.41. The number of halogens is 1. The van der Waals surface area contributed by atoms with Crippen LogP contribution in [0.2, 0.25) is 0 Å². The number of nitrogens with two attached hydrogens (primary N) is 1. The maximum absolute atomic E-state index is 10.9. The molecule has 2 rings (SSSR count).